The maximum absolute atomic E-state index is 14.9. The highest BCUT2D eigenvalue weighted by Crippen LogP contribution is 2.32. The molecule has 0 unspecified atom stereocenters. The Morgan fingerprint density at radius 2 is 1.74 bits per heavy atom. The Labute approximate surface area is 138 Å². The van der Waals surface area contributed by atoms with E-state index in [0.717, 1.165) is 6.26 Å². The summed E-state index contributed by atoms with van der Waals surface area (Å²) >= 11 is 5.95. The van der Waals surface area contributed by atoms with Gasteiger partial charge in [0.25, 0.3) is 0 Å². The Kier molecular flexibility index (Phi) is 4.75. The van der Waals surface area contributed by atoms with E-state index in [1.807, 2.05) is 0 Å². The lowest BCUT2D eigenvalue weighted by molar-refractivity contribution is 0.448. The van der Waals surface area contributed by atoms with Gasteiger partial charge in [0.1, 0.15) is 16.7 Å². The molecule has 0 amide bonds. The van der Waals surface area contributed by atoms with E-state index >= 15 is 0 Å². The topological polar surface area (TPSA) is 59.1 Å². The summed E-state index contributed by atoms with van der Waals surface area (Å²) in [4.78, 5) is 3.93. The standard InChI is InChI=1S/C15H15ClF2N2O2S/c1-15(2,20-23(3,21)22)11-8-12(16)19-14(13(11)18)9-4-6-10(17)7-5-9/h4-8,20H,1-3H3. The van der Waals surface area contributed by atoms with Crippen LogP contribution in [-0.4, -0.2) is 19.7 Å². The minimum Gasteiger partial charge on any atom is -0.233 e. The van der Waals surface area contributed by atoms with Crippen LogP contribution in [0.1, 0.15) is 19.4 Å². The van der Waals surface area contributed by atoms with Gasteiger partial charge in [0.05, 0.1) is 11.8 Å². The summed E-state index contributed by atoms with van der Waals surface area (Å²) in [6.45, 7) is 3.02. The van der Waals surface area contributed by atoms with Gasteiger partial charge in [-0.25, -0.2) is 26.9 Å². The molecule has 0 saturated carbocycles. The van der Waals surface area contributed by atoms with E-state index in [4.69, 9.17) is 11.6 Å². The number of hydrogen-bond donors (Lipinski definition) is 1. The number of rotatable bonds is 4. The fraction of sp³-hybridized carbons (Fsp3) is 0.267. The van der Waals surface area contributed by atoms with Gasteiger partial charge in [-0.15, -0.1) is 0 Å². The Morgan fingerprint density at radius 3 is 2.26 bits per heavy atom. The molecular formula is C15H15ClF2N2O2S. The number of hydrogen-bond acceptors (Lipinski definition) is 3. The average Bonchev–Trinajstić information content (AvgIpc) is 2.39. The summed E-state index contributed by atoms with van der Waals surface area (Å²) in [5.41, 5.74) is -0.931. The number of halogens is 3. The van der Waals surface area contributed by atoms with Crippen LogP contribution < -0.4 is 4.72 Å². The number of aromatic nitrogens is 1. The highest BCUT2D eigenvalue weighted by atomic mass is 35.5. The van der Waals surface area contributed by atoms with E-state index in [1.165, 1.54) is 44.2 Å². The van der Waals surface area contributed by atoms with Crippen molar-refractivity contribution < 1.29 is 17.2 Å². The summed E-state index contributed by atoms with van der Waals surface area (Å²) in [6, 6.07) is 6.37. The lowest BCUT2D eigenvalue weighted by Crippen LogP contribution is -2.41. The lowest BCUT2D eigenvalue weighted by atomic mass is 9.94. The Bertz CT molecular complexity index is 837. The number of sulfonamides is 1. The van der Waals surface area contributed by atoms with Crippen LogP contribution in [0.4, 0.5) is 8.78 Å². The van der Waals surface area contributed by atoms with Crippen molar-refractivity contribution in [1.29, 1.82) is 0 Å². The van der Waals surface area contributed by atoms with Crippen LogP contribution in [0.3, 0.4) is 0 Å². The second kappa shape index (κ2) is 6.14. The van der Waals surface area contributed by atoms with Crippen LogP contribution in [-0.2, 0) is 15.6 Å². The molecule has 1 heterocycles. The molecule has 0 fully saturated rings. The summed E-state index contributed by atoms with van der Waals surface area (Å²) < 4.78 is 53.2. The van der Waals surface area contributed by atoms with Gasteiger partial charge in [-0.05, 0) is 44.2 Å². The fourth-order valence-electron chi connectivity index (χ4n) is 2.27. The molecule has 0 aliphatic carbocycles. The SMILES string of the molecule is CC(C)(NS(C)(=O)=O)c1cc(Cl)nc(-c2ccc(F)cc2)c1F. The molecule has 1 aromatic heterocycles. The number of nitrogens with one attached hydrogen (secondary N) is 1. The molecule has 124 valence electrons. The second-order valence-electron chi connectivity index (χ2n) is 5.66. The maximum atomic E-state index is 14.9. The molecular weight excluding hydrogens is 346 g/mol. The van der Waals surface area contributed by atoms with Gasteiger partial charge in [0, 0.05) is 11.1 Å². The molecule has 1 N–H and O–H groups in total. The van der Waals surface area contributed by atoms with E-state index in [0.29, 0.717) is 5.56 Å². The highest BCUT2D eigenvalue weighted by Gasteiger charge is 2.30. The molecule has 2 aromatic rings. The van der Waals surface area contributed by atoms with E-state index in [1.54, 1.807) is 0 Å². The molecule has 0 atom stereocenters. The summed E-state index contributed by atoms with van der Waals surface area (Å²) in [5, 5.41) is 0.00380. The first-order chi connectivity index (χ1) is 10.5. The van der Waals surface area contributed by atoms with Crippen LogP contribution >= 0.6 is 11.6 Å². The maximum Gasteiger partial charge on any atom is 0.209 e. The molecule has 0 aliphatic rings. The van der Waals surface area contributed by atoms with Crippen LogP contribution in [0, 0.1) is 11.6 Å². The van der Waals surface area contributed by atoms with Crippen molar-refractivity contribution in [2.75, 3.05) is 6.26 Å². The van der Waals surface area contributed by atoms with E-state index in [-0.39, 0.29) is 16.4 Å². The van der Waals surface area contributed by atoms with Gasteiger partial charge >= 0.3 is 0 Å². The third-order valence-electron chi connectivity index (χ3n) is 3.16. The zero-order valence-corrected chi connectivity index (χ0v) is 14.3. The van der Waals surface area contributed by atoms with Crippen molar-refractivity contribution in [2.24, 2.45) is 0 Å². The molecule has 23 heavy (non-hydrogen) atoms. The quantitative estimate of drug-likeness (QED) is 0.849. The van der Waals surface area contributed by atoms with Crippen molar-refractivity contribution in [3.05, 3.63) is 52.7 Å². The predicted molar refractivity (Wildman–Crippen MR) is 85.6 cm³/mol. The first kappa shape index (κ1) is 17.8. The van der Waals surface area contributed by atoms with Crippen molar-refractivity contribution in [3.8, 4) is 11.3 Å². The predicted octanol–water partition coefficient (Wildman–Crippen LogP) is 3.46. The van der Waals surface area contributed by atoms with Crippen molar-refractivity contribution in [1.82, 2.24) is 9.71 Å². The molecule has 0 aliphatic heterocycles. The Morgan fingerprint density at radius 1 is 1.17 bits per heavy atom. The first-order valence-corrected chi connectivity index (χ1v) is 8.88. The minimum atomic E-state index is -3.57. The molecule has 4 nitrogen and oxygen atoms in total. The highest BCUT2D eigenvalue weighted by molar-refractivity contribution is 7.88. The van der Waals surface area contributed by atoms with Gasteiger partial charge in [-0.2, -0.15) is 0 Å². The van der Waals surface area contributed by atoms with Crippen LogP contribution in [0.5, 0.6) is 0 Å². The molecule has 1 aromatic carbocycles. The average molecular weight is 361 g/mol. The van der Waals surface area contributed by atoms with Crippen LogP contribution in [0.15, 0.2) is 30.3 Å². The van der Waals surface area contributed by atoms with Crippen LogP contribution in [0.2, 0.25) is 5.15 Å². The van der Waals surface area contributed by atoms with Gasteiger partial charge < -0.3 is 0 Å². The van der Waals surface area contributed by atoms with E-state index in [2.05, 4.69) is 9.71 Å². The van der Waals surface area contributed by atoms with E-state index < -0.39 is 27.2 Å². The number of nitrogens with zero attached hydrogens (tertiary/aromatic N) is 1. The lowest BCUT2D eigenvalue weighted by Gasteiger charge is -2.27. The van der Waals surface area contributed by atoms with Crippen LogP contribution in [0.25, 0.3) is 11.3 Å². The third kappa shape index (κ3) is 4.25. The Hall–Kier alpha value is -1.57. The molecule has 0 bridgehead atoms. The zero-order valence-electron chi connectivity index (χ0n) is 12.7. The van der Waals surface area contributed by atoms with Crippen molar-refractivity contribution >= 4 is 21.6 Å². The zero-order chi connectivity index (χ0) is 17.4. The summed E-state index contributed by atoms with van der Waals surface area (Å²) in [5.74, 6) is -1.18. The van der Waals surface area contributed by atoms with Gasteiger partial charge in [0.2, 0.25) is 10.0 Å². The second-order valence-corrected chi connectivity index (χ2v) is 7.80. The van der Waals surface area contributed by atoms with Crippen molar-refractivity contribution in [2.45, 2.75) is 19.4 Å². The smallest absolute Gasteiger partial charge is 0.209 e. The number of benzene rings is 1. The van der Waals surface area contributed by atoms with Crippen molar-refractivity contribution in [3.63, 3.8) is 0 Å². The molecule has 0 radical (unpaired) electrons. The van der Waals surface area contributed by atoms with Gasteiger partial charge in [-0.3, -0.25) is 0 Å². The monoisotopic (exact) mass is 360 g/mol. The molecule has 2 rings (SSSR count). The first-order valence-electron chi connectivity index (χ1n) is 6.61. The molecule has 0 saturated heterocycles. The minimum absolute atomic E-state index is 0.00380. The summed E-state index contributed by atoms with van der Waals surface area (Å²) in [6.07, 6.45) is 0.982. The largest absolute Gasteiger partial charge is 0.233 e. The summed E-state index contributed by atoms with van der Waals surface area (Å²) in [7, 11) is -3.57. The van der Waals surface area contributed by atoms with E-state index in [9.17, 15) is 17.2 Å². The normalized spacial score (nSPS) is 12.4. The Balaban J connectivity index is 2.61. The number of pyridine rings is 1. The fourth-order valence-corrected chi connectivity index (χ4v) is 3.50. The third-order valence-corrected chi connectivity index (χ3v) is 4.23. The molecule has 8 heteroatoms. The molecule has 0 spiro atoms. The van der Waals surface area contributed by atoms with Gasteiger partial charge in [-0.1, -0.05) is 11.6 Å². The van der Waals surface area contributed by atoms with Gasteiger partial charge in [0.15, 0.2) is 5.82 Å².